The largest absolute Gasteiger partial charge is 0.352 e. The quantitative estimate of drug-likeness (QED) is 0.132. The van der Waals surface area contributed by atoms with E-state index in [2.05, 4.69) is 26.6 Å². The second-order valence-electron chi connectivity index (χ2n) is 12.9. The van der Waals surface area contributed by atoms with Crippen LogP contribution in [0, 0.1) is 23.7 Å². The highest BCUT2D eigenvalue weighted by atomic mass is 16.2. The molecule has 0 saturated carbocycles. The van der Waals surface area contributed by atoms with Crippen molar-refractivity contribution >= 4 is 29.4 Å². The first-order valence-corrected chi connectivity index (χ1v) is 15.5. The number of nitrogens with one attached hydrogen (secondary N) is 5. The first kappa shape index (κ1) is 41.6. The lowest BCUT2D eigenvalue weighted by Crippen LogP contribution is -2.54. The molecule has 246 valence electrons. The van der Waals surface area contributed by atoms with E-state index in [9.17, 15) is 24.0 Å². The highest BCUT2D eigenvalue weighted by molar-refractivity contribution is 5.92. The number of carbonyl (C=O) groups is 5. The van der Waals surface area contributed by atoms with Gasteiger partial charge in [0.25, 0.3) is 0 Å². The maximum atomic E-state index is 12.6. The van der Waals surface area contributed by atoms with E-state index in [0.717, 1.165) is 0 Å². The summed E-state index contributed by atoms with van der Waals surface area (Å²) in [6, 6.07) is -1.77. The molecule has 0 aliphatic carbocycles. The average Bonchev–Trinajstić information content (AvgIpc) is 2.85. The van der Waals surface area contributed by atoms with Crippen LogP contribution in [-0.2, 0) is 19.2 Å². The molecule has 7 N–H and O–H groups in total. The summed E-state index contributed by atoms with van der Waals surface area (Å²) in [5, 5.41) is 14.6. The molecule has 0 rings (SSSR count). The van der Waals surface area contributed by atoms with Crippen LogP contribution in [0.4, 0.5) is 4.79 Å². The fourth-order valence-electron chi connectivity index (χ4n) is 4.20. The van der Waals surface area contributed by atoms with Crippen molar-refractivity contribution in [2.75, 3.05) is 6.54 Å². The SMILES string of the molecule is CC(C)N[C@H](C(=O)N[C@@H](C)C(=O)C(C)C)C(C)C.CC(C)N[C@H](C(=O)N[C@@H](CCCNC(N)=O)C(=O)C(C)C)C(C)C. The summed E-state index contributed by atoms with van der Waals surface area (Å²) >= 11 is 0. The normalized spacial score (nSPS) is 14.4. The number of carbonyl (C=O) groups excluding carboxylic acids is 5. The van der Waals surface area contributed by atoms with E-state index in [1.54, 1.807) is 6.92 Å². The van der Waals surface area contributed by atoms with Crippen LogP contribution in [0.1, 0.15) is 103 Å². The summed E-state index contributed by atoms with van der Waals surface area (Å²) in [5.74, 6) is -0.135. The zero-order valence-electron chi connectivity index (χ0n) is 28.5. The van der Waals surface area contributed by atoms with Gasteiger partial charge in [-0.1, -0.05) is 83.1 Å². The number of primary amides is 1. The molecule has 4 amide bonds. The van der Waals surface area contributed by atoms with Gasteiger partial charge in [-0.2, -0.15) is 0 Å². The van der Waals surface area contributed by atoms with Crippen molar-refractivity contribution in [2.45, 2.75) is 139 Å². The van der Waals surface area contributed by atoms with Crippen molar-refractivity contribution in [3.63, 3.8) is 0 Å². The Kier molecular flexibility index (Phi) is 21.0. The lowest BCUT2D eigenvalue weighted by molar-refractivity contribution is -0.131. The Balaban J connectivity index is 0. The van der Waals surface area contributed by atoms with Crippen LogP contribution in [0.5, 0.6) is 0 Å². The number of hydrogen-bond donors (Lipinski definition) is 6. The summed E-state index contributed by atoms with van der Waals surface area (Å²) in [4.78, 5) is 59.5. The molecule has 0 spiro atoms. The second kappa shape index (κ2) is 21.2. The zero-order valence-corrected chi connectivity index (χ0v) is 28.5. The Labute approximate surface area is 255 Å². The van der Waals surface area contributed by atoms with Gasteiger partial charge in [-0.25, -0.2) is 4.79 Å². The number of nitrogens with two attached hydrogens (primary N) is 1. The summed E-state index contributed by atoms with van der Waals surface area (Å²) in [7, 11) is 0. The van der Waals surface area contributed by atoms with Gasteiger partial charge in [-0.3, -0.25) is 19.2 Å². The lowest BCUT2D eigenvalue weighted by Gasteiger charge is -2.27. The molecule has 11 heteroatoms. The van der Waals surface area contributed by atoms with E-state index in [0.29, 0.717) is 19.4 Å². The van der Waals surface area contributed by atoms with Gasteiger partial charge in [0.2, 0.25) is 11.8 Å². The number of Topliss-reactive ketones (excluding diaryl/α,β-unsaturated/α-hetero) is 2. The number of rotatable bonds is 18. The molecule has 0 unspecified atom stereocenters. The molecule has 0 heterocycles. The minimum absolute atomic E-state index is 0.00511. The Morgan fingerprint density at radius 1 is 0.595 bits per heavy atom. The Morgan fingerprint density at radius 2 is 1.00 bits per heavy atom. The van der Waals surface area contributed by atoms with Crippen molar-refractivity contribution in [3.05, 3.63) is 0 Å². The average molecular weight is 599 g/mol. The second-order valence-corrected chi connectivity index (χ2v) is 12.9. The van der Waals surface area contributed by atoms with Crippen LogP contribution < -0.4 is 32.3 Å². The Hall–Kier alpha value is -2.53. The van der Waals surface area contributed by atoms with Crippen LogP contribution in [0.3, 0.4) is 0 Å². The molecule has 0 aliphatic heterocycles. The van der Waals surface area contributed by atoms with Gasteiger partial charge in [0.15, 0.2) is 11.6 Å². The molecule has 42 heavy (non-hydrogen) atoms. The van der Waals surface area contributed by atoms with E-state index >= 15 is 0 Å². The van der Waals surface area contributed by atoms with Crippen molar-refractivity contribution in [1.29, 1.82) is 0 Å². The molecule has 0 radical (unpaired) electrons. The monoisotopic (exact) mass is 598 g/mol. The van der Waals surface area contributed by atoms with Gasteiger partial charge in [0.1, 0.15) is 0 Å². The third-order valence-electron chi connectivity index (χ3n) is 6.48. The van der Waals surface area contributed by atoms with Gasteiger partial charge in [0.05, 0.1) is 24.2 Å². The van der Waals surface area contributed by atoms with Gasteiger partial charge < -0.3 is 32.3 Å². The van der Waals surface area contributed by atoms with Gasteiger partial charge in [-0.05, 0) is 31.6 Å². The third-order valence-corrected chi connectivity index (χ3v) is 6.48. The van der Waals surface area contributed by atoms with Crippen molar-refractivity contribution in [2.24, 2.45) is 29.4 Å². The smallest absolute Gasteiger partial charge is 0.312 e. The molecular formula is C31H62N6O5. The van der Waals surface area contributed by atoms with Crippen LogP contribution in [0.2, 0.25) is 0 Å². The van der Waals surface area contributed by atoms with Crippen LogP contribution in [-0.4, -0.2) is 72.2 Å². The topological polar surface area (TPSA) is 172 Å². The Morgan fingerprint density at radius 3 is 1.33 bits per heavy atom. The molecule has 4 atom stereocenters. The predicted octanol–water partition coefficient (Wildman–Crippen LogP) is 2.91. The molecule has 0 aromatic heterocycles. The van der Waals surface area contributed by atoms with E-state index in [1.807, 2.05) is 83.1 Å². The highest BCUT2D eigenvalue weighted by Gasteiger charge is 2.29. The molecule has 0 saturated heterocycles. The molecule has 11 nitrogen and oxygen atoms in total. The number of amides is 4. The zero-order chi connectivity index (χ0) is 33.3. The maximum absolute atomic E-state index is 12.6. The third kappa shape index (κ3) is 18.1. The van der Waals surface area contributed by atoms with E-state index in [1.165, 1.54) is 0 Å². The van der Waals surface area contributed by atoms with Gasteiger partial charge in [-0.15, -0.1) is 0 Å². The van der Waals surface area contributed by atoms with Gasteiger partial charge in [0, 0.05) is 30.5 Å². The minimum Gasteiger partial charge on any atom is -0.352 e. The predicted molar refractivity (Wildman–Crippen MR) is 170 cm³/mol. The van der Waals surface area contributed by atoms with Crippen molar-refractivity contribution in [1.82, 2.24) is 26.6 Å². The summed E-state index contributed by atoms with van der Waals surface area (Å²) in [6.07, 6.45) is 1.03. The first-order valence-electron chi connectivity index (χ1n) is 15.5. The summed E-state index contributed by atoms with van der Waals surface area (Å²) in [6.45, 7) is 25.3. The molecular weight excluding hydrogens is 536 g/mol. The van der Waals surface area contributed by atoms with Crippen molar-refractivity contribution in [3.8, 4) is 0 Å². The van der Waals surface area contributed by atoms with E-state index < -0.39 is 18.1 Å². The summed E-state index contributed by atoms with van der Waals surface area (Å²) in [5.41, 5.74) is 5.02. The molecule has 0 aromatic rings. The lowest BCUT2D eigenvalue weighted by atomic mass is 9.96. The minimum atomic E-state index is -0.591. The number of hydrogen-bond acceptors (Lipinski definition) is 7. The van der Waals surface area contributed by atoms with Crippen LogP contribution in [0.15, 0.2) is 0 Å². The van der Waals surface area contributed by atoms with Gasteiger partial charge >= 0.3 is 6.03 Å². The van der Waals surface area contributed by atoms with Crippen molar-refractivity contribution < 1.29 is 24.0 Å². The standard InChI is InChI=1S/C17H34N4O3.C14H28N2O2/c1-10(2)14(20-12(5)6)16(23)21-13(15(22)11(3)4)8-7-9-19-17(18)24;1-8(2)12(15-10(5)6)14(18)16-11(7)13(17)9(3)4/h10-14,20H,7-9H2,1-6H3,(H,21,23)(H3,18,19,24);8-12,15H,1-7H3,(H,16,18)/t13-,14-;11-,12-/m00/s1. The highest BCUT2D eigenvalue weighted by Crippen LogP contribution is 2.10. The van der Waals surface area contributed by atoms with Crippen LogP contribution in [0.25, 0.3) is 0 Å². The van der Waals surface area contributed by atoms with E-state index in [4.69, 9.17) is 5.73 Å². The fourth-order valence-corrected chi connectivity index (χ4v) is 4.20. The van der Waals surface area contributed by atoms with E-state index in [-0.39, 0.29) is 71.2 Å². The summed E-state index contributed by atoms with van der Waals surface area (Å²) < 4.78 is 0. The number of ketones is 2. The fraction of sp³-hybridized carbons (Fsp3) is 0.839. The number of urea groups is 1. The molecule has 0 aliphatic rings. The molecule has 0 aromatic carbocycles. The Bertz CT molecular complexity index is 842. The molecule has 0 bridgehead atoms. The first-order chi connectivity index (χ1) is 19.2. The maximum Gasteiger partial charge on any atom is 0.312 e. The van der Waals surface area contributed by atoms with Crippen LogP contribution >= 0.6 is 0 Å². The molecule has 0 fully saturated rings.